The van der Waals surface area contributed by atoms with Crippen LogP contribution in [-0.4, -0.2) is 39.5 Å². The van der Waals surface area contributed by atoms with Gasteiger partial charge in [0, 0.05) is 12.5 Å². The van der Waals surface area contributed by atoms with Crippen molar-refractivity contribution in [2.75, 3.05) is 7.05 Å². The van der Waals surface area contributed by atoms with E-state index in [1.54, 1.807) is 24.3 Å². The van der Waals surface area contributed by atoms with E-state index in [2.05, 4.69) is 21.4 Å². The quantitative estimate of drug-likeness (QED) is 0.612. The molecule has 2 aliphatic rings. The highest BCUT2D eigenvalue weighted by molar-refractivity contribution is 7.89. The lowest BCUT2D eigenvalue weighted by Gasteiger charge is -2.23. The normalized spacial score (nSPS) is 23.3. The lowest BCUT2D eigenvalue weighted by atomic mass is 9.98. The van der Waals surface area contributed by atoms with Crippen LogP contribution in [0.1, 0.15) is 24.8 Å². The first-order valence-electron chi connectivity index (χ1n) is 10.5. The predicted octanol–water partition coefficient (Wildman–Crippen LogP) is 1.95. The third-order valence-electron chi connectivity index (χ3n) is 6.28. The zero-order valence-corrected chi connectivity index (χ0v) is 18.2. The summed E-state index contributed by atoms with van der Waals surface area (Å²) >= 11 is 0. The van der Waals surface area contributed by atoms with Gasteiger partial charge >= 0.3 is 0 Å². The van der Waals surface area contributed by atoms with E-state index in [1.807, 2.05) is 24.3 Å². The van der Waals surface area contributed by atoms with E-state index in [9.17, 15) is 18.5 Å². The monoisotopic (exact) mass is 438 g/mol. The standard InChI is InChI=1S/C23H26N4O3S/c1-25-31(29,30)21-10-7-17(8-11-21)16-4-2-15(3-5-16)12-20(14-24)27-23(28)22-18-6-9-19(13-18)26-22/h2-5,7-8,10-11,18-20,22,25-26H,6,9,12-13H2,1H3,(H,27,28). The second-order valence-corrected chi connectivity index (χ2v) is 10.1. The summed E-state index contributed by atoms with van der Waals surface area (Å²) in [5.74, 6) is 0.310. The number of nitriles is 1. The summed E-state index contributed by atoms with van der Waals surface area (Å²) in [5.41, 5.74) is 2.79. The Morgan fingerprint density at radius 2 is 1.77 bits per heavy atom. The van der Waals surface area contributed by atoms with E-state index in [0.29, 0.717) is 18.4 Å². The summed E-state index contributed by atoms with van der Waals surface area (Å²) in [6.45, 7) is 0. The second kappa shape index (κ2) is 8.79. The number of piperidine rings is 1. The highest BCUT2D eigenvalue weighted by atomic mass is 32.2. The van der Waals surface area contributed by atoms with Gasteiger partial charge in [-0.1, -0.05) is 36.4 Å². The van der Waals surface area contributed by atoms with Crippen molar-refractivity contribution in [2.45, 2.75) is 48.7 Å². The number of amides is 1. The van der Waals surface area contributed by atoms with E-state index < -0.39 is 16.1 Å². The average molecular weight is 439 g/mol. The zero-order valence-electron chi connectivity index (χ0n) is 17.3. The van der Waals surface area contributed by atoms with Gasteiger partial charge in [0.15, 0.2) is 0 Å². The molecule has 4 unspecified atom stereocenters. The van der Waals surface area contributed by atoms with Crippen molar-refractivity contribution < 1.29 is 13.2 Å². The third-order valence-corrected chi connectivity index (χ3v) is 7.71. The molecular formula is C23H26N4O3S. The lowest BCUT2D eigenvalue weighted by molar-refractivity contribution is -0.124. The molecule has 0 spiro atoms. The number of rotatable bonds is 7. The molecule has 7 nitrogen and oxygen atoms in total. The minimum atomic E-state index is -3.46. The molecule has 2 aromatic rings. The van der Waals surface area contributed by atoms with Gasteiger partial charge in [0.1, 0.15) is 6.04 Å². The average Bonchev–Trinajstić information content (AvgIpc) is 3.43. The van der Waals surface area contributed by atoms with Gasteiger partial charge in [0.2, 0.25) is 15.9 Å². The maximum atomic E-state index is 12.6. The van der Waals surface area contributed by atoms with Gasteiger partial charge in [-0.2, -0.15) is 5.26 Å². The van der Waals surface area contributed by atoms with Crippen LogP contribution in [0.4, 0.5) is 0 Å². The smallest absolute Gasteiger partial charge is 0.240 e. The molecular weight excluding hydrogens is 412 g/mol. The van der Waals surface area contributed by atoms with Gasteiger partial charge in [0.25, 0.3) is 0 Å². The number of benzene rings is 2. The number of carbonyl (C=O) groups is 1. The molecule has 2 aromatic carbocycles. The Balaban J connectivity index is 1.38. The van der Waals surface area contributed by atoms with Crippen LogP contribution in [0.15, 0.2) is 53.4 Å². The van der Waals surface area contributed by atoms with Crippen molar-refractivity contribution in [1.82, 2.24) is 15.4 Å². The number of sulfonamides is 1. The van der Waals surface area contributed by atoms with Crippen molar-refractivity contribution in [1.29, 1.82) is 5.26 Å². The highest BCUT2D eigenvalue weighted by Crippen LogP contribution is 2.35. The van der Waals surface area contributed by atoms with Crippen LogP contribution >= 0.6 is 0 Å². The number of carbonyl (C=O) groups excluding carboxylic acids is 1. The molecule has 31 heavy (non-hydrogen) atoms. The minimum absolute atomic E-state index is 0.0769. The first-order valence-corrected chi connectivity index (χ1v) is 12.0. The maximum absolute atomic E-state index is 12.6. The Morgan fingerprint density at radius 1 is 1.13 bits per heavy atom. The summed E-state index contributed by atoms with van der Waals surface area (Å²) in [4.78, 5) is 12.8. The molecule has 1 saturated carbocycles. The Hall–Kier alpha value is -2.73. The van der Waals surface area contributed by atoms with E-state index in [4.69, 9.17) is 0 Å². The molecule has 1 aliphatic carbocycles. The van der Waals surface area contributed by atoms with Gasteiger partial charge < -0.3 is 10.6 Å². The Labute approximate surface area is 182 Å². The predicted molar refractivity (Wildman–Crippen MR) is 117 cm³/mol. The summed E-state index contributed by atoms with van der Waals surface area (Å²) in [7, 11) is -2.08. The largest absolute Gasteiger partial charge is 0.339 e. The van der Waals surface area contributed by atoms with E-state index in [0.717, 1.165) is 36.0 Å². The molecule has 8 heteroatoms. The van der Waals surface area contributed by atoms with Crippen LogP contribution in [0.2, 0.25) is 0 Å². The first kappa shape index (κ1) is 21.5. The minimum Gasteiger partial charge on any atom is -0.339 e. The Kier molecular flexibility index (Phi) is 6.10. The number of hydrogen-bond donors (Lipinski definition) is 3. The SMILES string of the molecule is CNS(=O)(=O)c1ccc(-c2ccc(CC(C#N)NC(=O)C3NC4CCC3C4)cc2)cc1. The first-order chi connectivity index (χ1) is 14.9. The summed E-state index contributed by atoms with van der Waals surface area (Å²) in [5, 5.41) is 15.8. The van der Waals surface area contributed by atoms with Gasteiger partial charge in [-0.3, -0.25) is 4.79 Å². The third kappa shape index (κ3) is 4.64. The van der Waals surface area contributed by atoms with Crippen molar-refractivity contribution in [3.8, 4) is 17.2 Å². The molecule has 4 rings (SSSR count). The topological polar surface area (TPSA) is 111 Å². The van der Waals surface area contributed by atoms with Crippen molar-refractivity contribution in [3.63, 3.8) is 0 Å². The van der Waals surface area contributed by atoms with Crippen molar-refractivity contribution in [2.24, 2.45) is 5.92 Å². The maximum Gasteiger partial charge on any atom is 0.240 e. The van der Waals surface area contributed by atoms with Crippen LogP contribution in [0, 0.1) is 17.2 Å². The fourth-order valence-corrected chi connectivity index (χ4v) is 5.28. The van der Waals surface area contributed by atoms with E-state index in [-0.39, 0.29) is 16.8 Å². The molecule has 1 amide bonds. The van der Waals surface area contributed by atoms with E-state index in [1.165, 1.54) is 7.05 Å². The van der Waals surface area contributed by atoms with Crippen molar-refractivity contribution in [3.05, 3.63) is 54.1 Å². The number of nitrogens with one attached hydrogen (secondary N) is 3. The highest BCUT2D eigenvalue weighted by Gasteiger charge is 2.43. The number of hydrogen-bond acceptors (Lipinski definition) is 5. The van der Waals surface area contributed by atoms with Crippen LogP contribution in [0.25, 0.3) is 11.1 Å². The fraction of sp³-hybridized carbons (Fsp3) is 0.391. The fourth-order valence-electron chi connectivity index (χ4n) is 4.55. The second-order valence-electron chi connectivity index (χ2n) is 8.24. The van der Waals surface area contributed by atoms with Gasteiger partial charge in [-0.05, 0) is 61.1 Å². The lowest BCUT2D eigenvalue weighted by Crippen LogP contribution is -2.50. The number of nitrogens with zero attached hydrogens (tertiary/aromatic N) is 1. The van der Waals surface area contributed by atoms with Gasteiger partial charge in [-0.25, -0.2) is 13.1 Å². The molecule has 4 atom stereocenters. The van der Waals surface area contributed by atoms with Crippen LogP contribution in [0.3, 0.4) is 0 Å². The molecule has 3 N–H and O–H groups in total. The zero-order chi connectivity index (χ0) is 22.0. The molecule has 0 radical (unpaired) electrons. The van der Waals surface area contributed by atoms with Gasteiger partial charge in [-0.15, -0.1) is 0 Å². The van der Waals surface area contributed by atoms with Gasteiger partial charge in [0.05, 0.1) is 17.0 Å². The van der Waals surface area contributed by atoms with Crippen LogP contribution in [0.5, 0.6) is 0 Å². The molecule has 2 bridgehead atoms. The molecule has 1 aliphatic heterocycles. The molecule has 2 fully saturated rings. The van der Waals surface area contributed by atoms with Crippen molar-refractivity contribution >= 4 is 15.9 Å². The molecule has 1 saturated heterocycles. The summed E-state index contributed by atoms with van der Waals surface area (Å²) in [6.07, 6.45) is 3.70. The summed E-state index contributed by atoms with van der Waals surface area (Å²) < 4.78 is 26.0. The number of fused-ring (bicyclic) bond motifs is 2. The van der Waals surface area contributed by atoms with E-state index >= 15 is 0 Å². The van der Waals surface area contributed by atoms with Crippen LogP contribution < -0.4 is 15.4 Å². The molecule has 0 aromatic heterocycles. The summed E-state index contributed by atoms with van der Waals surface area (Å²) in [6, 6.07) is 16.3. The van der Waals surface area contributed by atoms with Crippen LogP contribution in [-0.2, 0) is 21.2 Å². The molecule has 162 valence electrons. The molecule has 1 heterocycles. The Morgan fingerprint density at radius 3 is 2.29 bits per heavy atom. The Bertz CT molecular complexity index is 1090.